The normalized spacial score (nSPS) is 23.2. The summed E-state index contributed by atoms with van der Waals surface area (Å²) in [5.41, 5.74) is 3.05. The van der Waals surface area contributed by atoms with Gasteiger partial charge in [0.05, 0.1) is 32.2 Å². The Bertz CT molecular complexity index is 1160. The van der Waals surface area contributed by atoms with Crippen LogP contribution in [0, 0.1) is 5.92 Å². The molecule has 236 valence electrons. The van der Waals surface area contributed by atoms with Gasteiger partial charge in [-0.25, -0.2) is 0 Å². The van der Waals surface area contributed by atoms with Gasteiger partial charge in [-0.05, 0) is 29.5 Å². The van der Waals surface area contributed by atoms with Crippen molar-refractivity contribution in [2.24, 2.45) is 5.92 Å². The summed E-state index contributed by atoms with van der Waals surface area (Å²) in [6.45, 7) is 1.12. The number of carbonyl (C=O) groups excluding carboxylic acids is 2. The van der Waals surface area contributed by atoms with Gasteiger partial charge in [0.25, 0.3) is 0 Å². The van der Waals surface area contributed by atoms with Gasteiger partial charge in [0, 0.05) is 18.9 Å². The quantitative estimate of drug-likeness (QED) is 0.119. The summed E-state index contributed by atoms with van der Waals surface area (Å²) in [7, 11) is 0. The second-order valence-electron chi connectivity index (χ2n) is 10.7. The number of hydrogen-bond acceptors (Lipinski definition) is 10. The van der Waals surface area contributed by atoms with E-state index in [0.29, 0.717) is 6.42 Å². The van der Waals surface area contributed by atoms with Crippen LogP contribution in [0.25, 0.3) is 11.1 Å². The van der Waals surface area contributed by atoms with Gasteiger partial charge in [-0.3, -0.25) is 14.4 Å². The van der Waals surface area contributed by atoms with E-state index in [4.69, 9.17) is 19.3 Å². The molecule has 0 radical (unpaired) electrons. The van der Waals surface area contributed by atoms with Crippen LogP contribution in [0.2, 0.25) is 0 Å². The zero-order valence-electron chi connectivity index (χ0n) is 24.1. The summed E-state index contributed by atoms with van der Waals surface area (Å²) in [6, 6.07) is 17.3. The lowest BCUT2D eigenvalue weighted by Crippen LogP contribution is -2.59. The molecular weight excluding hydrogens is 562 g/mol. The molecule has 1 saturated heterocycles. The Morgan fingerprint density at radius 1 is 0.907 bits per heavy atom. The van der Waals surface area contributed by atoms with E-state index in [9.17, 15) is 34.8 Å². The first-order valence-corrected chi connectivity index (χ1v) is 14.3. The zero-order valence-corrected chi connectivity index (χ0v) is 24.1. The fourth-order valence-corrected chi connectivity index (χ4v) is 4.76. The largest absolute Gasteiger partial charge is 0.481 e. The summed E-state index contributed by atoms with van der Waals surface area (Å²) < 4.78 is 16.0. The molecule has 0 saturated carbocycles. The average Bonchev–Trinajstić information content (AvgIpc) is 3.00. The second kappa shape index (κ2) is 17.0. The molecule has 0 aliphatic carbocycles. The summed E-state index contributed by atoms with van der Waals surface area (Å²) in [4.78, 5) is 36.0. The molecular formula is C31H41NO11. The Morgan fingerprint density at radius 2 is 1.58 bits per heavy atom. The minimum absolute atomic E-state index is 0.00280. The number of carboxylic acid groups (broad SMARTS) is 1. The maximum absolute atomic E-state index is 12.7. The van der Waals surface area contributed by atoms with Crippen LogP contribution in [0.4, 0.5) is 0 Å². The molecule has 1 heterocycles. The van der Waals surface area contributed by atoms with Crippen molar-refractivity contribution in [2.45, 2.75) is 75.8 Å². The van der Waals surface area contributed by atoms with Crippen LogP contribution in [0.5, 0.6) is 0 Å². The van der Waals surface area contributed by atoms with E-state index in [0.717, 1.165) is 16.7 Å². The minimum Gasteiger partial charge on any atom is -0.481 e. The van der Waals surface area contributed by atoms with Crippen LogP contribution in [0.3, 0.4) is 0 Å². The van der Waals surface area contributed by atoms with Crippen molar-refractivity contribution in [2.75, 3.05) is 19.8 Å². The maximum Gasteiger partial charge on any atom is 0.308 e. The minimum atomic E-state index is -1.55. The summed E-state index contributed by atoms with van der Waals surface area (Å²) in [5.74, 6) is -2.56. The van der Waals surface area contributed by atoms with Gasteiger partial charge in [0.1, 0.15) is 24.4 Å². The molecule has 0 unspecified atom stereocenters. The molecule has 6 N–H and O–H groups in total. The molecule has 7 atom stereocenters. The summed E-state index contributed by atoms with van der Waals surface area (Å²) >= 11 is 0. The van der Waals surface area contributed by atoms with E-state index in [1.807, 2.05) is 54.6 Å². The highest BCUT2D eigenvalue weighted by Gasteiger charge is 2.43. The van der Waals surface area contributed by atoms with Crippen molar-refractivity contribution in [3.05, 3.63) is 60.2 Å². The lowest BCUT2D eigenvalue weighted by Gasteiger charge is -2.39. The topological polar surface area (TPSA) is 192 Å². The monoisotopic (exact) mass is 603 g/mol. The van der Waals surface area contributed by atoms with Crippen molar-refractivity contribution in [1.82, 2.24) is 5.32 Å². The van der Waals surface area contributed by atoms with Crippen LogP contribution in [-0.4, -0.2) is 99.9 Å². The molecule has 1 aliphatic heterocycles. The van der Waals surface area contributed by atoms with Gasteiger partial charge in [-0.15, -0.1) is 0 Å². The number of aliphatic hydroxyl groups excluding tert-OH is 4. The molecule has 12 heteroatoms. The number of ether oxygens (including phenoxy) is 3. The number of nitrogens with one attached hydrogen (secondary N) is 1. The highest BCUT2D eigenvalue weighted by molar-refractivity contribution is 5.81. The molecule has 3 rings (SSSR count). The number of aliphatic hydroxyl groups is 4. The Labute approximate surface area is 250 Å². The Balaban J connectivity index is 1.50. The molecule has 43 heavy (non-hydrogen) atoms. The lowest BCUT2D eigenvalue weighted by molar-refractivity contribution is -0.301. The van der Waals surface area contributed by atoms with Crippen LogP contribution >= 0.6 is 0 Å². The van der Waals surface area contributed by atoms with E-state index in [1.54, 1.807) is 6.92 Å². The van der Waals surface area contributed by atoms with E-state index in [2.05, 4.69) is 5.32 Å². The first kappa shape index (κ1) is 34.1. The van der Waals surface area contributed by atoms with Crippen molar-refractivity contribution < 1.29 is 54.1 Å². The van der Waals surface area contributed by atoms with Gasteiger partial charge in [0.15, 0.2) is 6.29 Å². The Hall–Kier alpha value is -3.39. The predicted octanol–water partition coefficient (Wildman–Crippen LogP) is 1.02. The first-order chi connectivity index (χ1) is 20.6. The first-order valence-electron chi connectivity index (χ1n) is 14.3. The van der Waals surface area contributed by atoms with Crippen molar-refractivity contribution in [3.8, 4) is 11.1 Å². The van der Waals surface area contributed by atoms with Crippen LogP contribution in [-0.2, 0) is 35.0 Å². The van der Waals surface area contributed by atoms with E-state index in [-0.39, 0.29) is 38.9 Å². The molecule has 0 bridgehead atoms. The summed E-state index contributed by atoms with van der Waals surface area (Å²) in [5, 5.41) is 50.8. The number of rotatable bonds is 16. The number of hydrogen-bond donors (Lipinski definition) is 6. The van der Waals surface area contributed by atoms with Gasteiger partial charge in [-0.2, -0.15) is 0 Å². The third-order valence-corrected chi connectivity index (χ3v) is 7.18. The molecule has 12 nitrogen and oxygen atoms in total. The van der Waals surface area contributed by atoms with E-state index >= 15 is 0 Å². The third-order valence-electron chi connectivity index (χ3n) is 7.18. The molecule has 1 amide bonds. The van der Waals surface area contributed by atoms with Crippen LogP contribution < -0.4 is 5.32 Å². The highest BCUT2D eigenvalue weighted by Crippen LogP contribution is 2.23. The smallest absolute Gasteiger partial charge is 0.308 e. The molecule has 2 aromatic rings. The highest BCUT2D eigenvalue weighted by atomic mass is 16.7. The van der Waals surface area contributed by atoms with Gasteiger partial charge in [0.2, 0.25) is 5.91 Å². The summed E-state index contributed by atoms with van der Waals surface area (Å²) in [6.07, 6.45) is -6.43. The van der Waals surface area contributed by atoms with E-state index < -0.39 is 67.1 Å². The number of carboxylic acids is 1. The molecule has 1 fully saturated rings. The maximum atomic E-state index is 12.7. The second-order valence-corrected chi connectivity index (χ2v) is 10.7. The van der Waals surface area contributed by atoms with Gasteiger partial charge >= 0.3 is 11.9 Å². The number of benzene rings is 2. The molecule has 2 aromatic carbocycles. The van der Waals surface area contributed by atoms with Crippen molar-refractivity contribution in [1.29, 1.82) is 0 Å². The van der Waals surface area contributed by atoms with Crippen molar-refractivity contribution in [3.63, 3.8) is 0 Å². The average molecular weight is 604 g/mol. The number of esters is 1. The van der Waals surface area contributed by atoms with Crippen LogP contribution in [0.1, 0.15) is 38.2 Å². The zero-order chi connectivity index (χ0) is 31.4. The Kier molecular flexibility index (Phi) is 13.5. The van der Waals surface area contributed by atoms with Gasteiger partial charge < -0.3 is 45.1 Å². The third kappa shape index (κ3) is 10.7. The molecule has 1 aliphatic rings. The standard InChI is InChI=1S/C31H41NO11/c1-19(30(40)41-14-5-15-42-31-29(39)28(38)27(37)24(18-33)43-31)16-23(32-25(34)12-13-26(35)36)17-20-8-10-22(11-9-20)21-6-3-2-4-7-21/h2-4,6-11,19,23-24,27-29,31,33,37-39H,5,12-18H2,1H3,(H,32,34)(H,35,36)/t19-,23+,24-,27-,28+,29-,31-/m1/s1. The number of amides is 1. The lowest BCUT2D eigenvalue weighted by atomic mass is 9.94. The van der Waals surface area contributed by atoms with Gasteiger partial charge in [-0.1, -0.05) is 61.5 Å². The Morgan fingerprint density at radius 3 is 2.23 bits per heavy atom. The predicted molar refractivity (Wildman–Crippen MR) is 153 cm³/mol. The molecule has 0 aromatic heterocycles. The number of aliphatic carboxylic acids is 1. The van der Waals surface area contributed by atoms with E-state index in [1.165, 1.54) is 0 Å². The number of carbonyl (C=O) groups is 3. The van der Waals surface area contributed by atoms with Crippen LogP contribution in [0.15, 0.2) is 54.6 Å². The SMILES string of the molecule is C[C@H](C[C@@H](Cc1ccc(-c2ccccc2)cc1)NC(=O)CCC(=O)O)C(=O)OCCCO[C@@H]1O[C@H](CO)[C@@H](O)[C@H](O)[C@H]1O. The fraction of sp³-hybridized carbons (Fsp3) is 0.516. The molecule has 0 spiro atoms. The van der Waals surface area contributed by atoms with Crippen molar-refractivity contribution >= 4 is 17.8 Å². The fourth-order valence-electron chi connectivity index (χ4n) is 4.76.